The Labute approximate surface area is 346 Å². The highest BCUT2D eigenvalue weighted by Gasteiger charge is 2.39. The standard InChI is InChI=1S/C41H50N5O9PS2/c1-3-55-56(51,19-17-54-37-23-33-31(22-36(37)52-2)40(49)44-14-6-9-29(44)25-43-33)18-16-53-35-24-34-32(21-28(35)27-47)41(50)45-15-7-10-30(45)26-46(34)39(48)12-8-20-57-58-38-11-4-5-13-42-38/h4-5,11,13,21-25,29-30,47H,3,6-10,12,14-20,26-27H2,1-2H3/t29-,30-,56?/m0/s1. The molecule has 14 nitrogen and oxygen atoms in total. The van der Waals surface area contributed by atoms with Crippen LogP contribution in [0, 0.1) is 0 Å². The van der Waals surface area contributed by atoms with Crippen molar-refractivity contribution in [2.24, 2.45) is 4.99 Å². The van der Waals surface area contributed by atoms with Gasteiger partial charge < -0.3 is 38.5 Å². The number of aliphatic hydroxyl groups is 1. The van der Waals surface area contributed by atoms with Gasteiger partial charge in [0.05, 0.1) is 80.4 Å². The minimum Gasteiger partial charge on any atom is -0.493 e. The fraction of sp³-hybridized carbons (Fsp3) is 0.488. The molecule has 0 saturated carbocycles. The molecule has 3 atom stereocenters. The first-order chi connectivity index (χ1) is 28.2. The van der Waals surface area contributed by atoms with Gasteiger partial charge in [-0.25, -0.2) is 4.98 Å². The van der Waals surface area contributed by atoms with Gasteiger partial charge in [-0.05, 0) is 74.1 Å². The van der Waals surface area contributed by atoms with Crippen molar-refractivity contribution in [3.63, 3.8) is 0 Å². The zero-order chi connectivity index (χ0) is 40.6. The summed E-state index contributed by atoms with van der Waals surface area (Å²) in [5.41, 5.74) is 2.15. The Kier molecular flexibility index (Phi) is 14.0. The van der Waals surface area contributed by atoms with E-state index < -0.39 is 14.0 Å². The van der Waals surface area contributed by atoms with Gasteiger partial charge in [0, 0.05) is 61.9 Å². The maximum Gasteiger partial charge on any atom is 0.256 e. The van der Waals surface area contributed by atoms with Gasteiger partial charge in [0.2, 0.25) is 13.3 Å². The molecule has 4 aliphatic rings. The lowest BCUT2D eigenvalue weighted by Crippen LogP contribution is -2.42. The number of aliphatic hydroxyl groups excluding tert-OH is 1. The van der Waals surface area contributed by atoms with E-state index in [4.69, 9.17) is 18.7 Å². The number of aromatic nitrogens is 1. The van der Waals surface area contributed by atoms with Gasteiger partial charge in [0.25, 0.3) is 11.8 Å². The average Bonchev–Trinajstić information content (AvgIpc) is 3.87. The topological polar surface area (TPSA) is 160 Å². The van der Waals surface area contributed by atoms with Crippen LogP contribution in [-0.2, 0) is 20.5 Å². The molecule has 2 aromatic carbocycles. The second kappa shape index (κ2) is 19.3. The van der Waals surface area contributed by atoms with Crippen LogP contribution in [0.5, 0.6) is 17.2 Å². The van der Waals surface area contributed by atoms with Gasteiger partial charge in [-0.3, -0.25) is 23.9 Å². The summed E-state index contributed by atoms with van der Waals surface area (Å²) in [6, 6.07) is 12.3. The van der Waals surface area contributed by atoms with Crippen LogP contribution in [-0.4, -0.2) is 121 Å². The highest BCUT2D eigenvalue weighted by atomic mass is 33.1. The molecule has 17 heteroatoms. The smallest absolute Gasteiger partial charge is 0.256 e. The second-order valence-corrected chi connectivity index (χ2v) is 19.7. The van der Waals surface area contributed by atoms with Crippen molar-refractivity contribution in [2.75, 3.05) is 69.5 Å². The number of carbonyl (C=O) groups excluding carboxylic acids is 3. The molecular formula is C41H50N5O9PS2. The Morgan fingerprint density at radius 2 is 1.74 bits per heavy atom. The van der Waals surface area contributed by atoms with Crippen LogP contribution < -0.4 is 19.1 Å². The molecule has 2 saturated heterocycles. The monoisotopic (exact) mass is 851 g/mol. The molecule has 0 aliphatic carbocycles. The molecule has 0 bridgehead atoms. The Hall–Kier alpha value is -4.08. The van der Waals surface area contributed by atoms with E-state index in [1.165, 1.54) is 7.11 Å². The molecule has 1 unspecified atom stereocenters. The van der Waals surface area contributed by atoms with Crippen molar-refractivity contribution >= 4 is 64.3 Å². The SMILES string of the molecule is CCOP(=O)(CCOc1cc2c(cc1CO)C(=O)N1CCC[C@H]1CN2C(=O)CCCSSc1ccccn1)CCOc1cc2c(cc1OC)C(=O)N1CCC[C@H]1C=N2. The third-order valence-corrected chi connectivity index (χ3v) is 15.6. The normalized spacial score (nSPS) is 19.5. The fourth-order valence-electron chi connectivity index (χ4n) is 7.86. The molecule has 1 N–H and O–H groups in total. The molecule has 1 aromatic heterocycles. The maximum atomic E-state index is 14.1. The molecule has 2 fully saturated rings. The summed E-state index contributed by atoms with van der Waals surface area (Å²) in [4.78, 5) is 55.3. The Morgan fingerprint density at radius 3 is 2.50 bits per heavy atom. The van der Waals surface area contributed by atoms with E-state index >= 15 is 0 Å². The van der Waals surface area contributed by atoms with Gasteiger partial charge in [-0.15, -0.1) is 0 Å². The van der Waals surface area contributed by atoms with Gasteiger partial charge in [0.15, 0.2) is 11.5 Å². The molecule has 58 heavy (non-hydrogen) atoms. The van der Waals surface area contributed by atoms with Crippen molar-refractivity contribution in [3.05, 3.63) is 65.4 Å². The minimum atomic E-state index is -3.29. The average molecular weight is 852 g/mol. The van der Waals surface area contributed by atoms with Crippen LogP contribution in [0.15, 0.2) is 58.7 Å². The van der Waals surface area contributed by atoms with Crippen LogP contribution in [0.1, 0.15) is 71.7 Å². The highest BCUT2D eigenvalue weighted by molar-refractivity contribution is 8.76. The number of amides is 3. The fourth-order valence-corrected chi connectivity index (χ4v) is 11.5. The van der Waals surface area contributed by atoms with Crippen molar-refractivity contribution in [3.8, 4) is 17.2 Å². The number of hydrogen-bond acceptors (Lipinski definition) is 13. The van der Waals surface area contributed by atoms with Crippen molar-refractivity contribution in [1.29, 1.82) is 0 Å². The van der Waals surface area contributed by atoms with Crippen LogP contribution >= 0.6 is 29.0 Å². The molecular weight excluding hydrogens is 802 g/mol. The first-order valence-electron chi connectivity index (χ1n) is 19.9. The minimum absolute atomic E-state index is 0.0124. The van der Waals surface area contributed by atoms with E-state index in [0.717, 1.165) is 36.5 Å². The molecule has 3 amide bonds. The molecule has 310 valence electrons. The van der Waals surface area contributed by atoms with Gasteiger partial charge >= 0.3 is 0 Å². The zero-order valence-electron chi connectivity index (χ0n) is 32.9. The van der Waals surface area contributed by atoms with Gasteiger partial charge in [-0.1, -0.05) is 16.9 Å². The summed E-state index contributed by atoms with van der Waals surface area (Å²) in [5.74, 6) is 1.47. The van der Waals surface area contributed by atoms with E-state index in [2.05, 4.69) is 9.98 Å². The number of ether oxygens (including phenoxy) is 3. The third kappa shape index (κ3) is 9.52. The Morgan fingerprint density at radius 1 is 0.966 bits per heavy atom. The largest absolute Gasteiger partial charge is 0.493 e. The van der Waals surface area contributed by atoms with E-state index in [9.17, 15) is 24.1 Å². The lowest BCUT2D eigenvalue weighted by Gasteiger charge is -2.27. The van der Waals surface area contributed by atoms with Crippen LogP contribution in [0.3, 0.4) is 0 Å². The first kappa shape index (κ1) is 42.1. The number of methoxy groups -OCH3 is 1. The van der Waals surface area contributed by atoms with Crippen LogP contribution in [0.2, 0.25) is 0 Å². The first-order valence-corrected chi connectivity index (χ1v) is 24.2. The summed E-state index contributed by atoms with van der Waals surface area (Å²) in [7, 11) is 1.43. The van der Waals surface area contributed by atoms with Crippen LogP contribution in [0.4, 0.5) is 11.4 Å². The molecule has 3 aromatic rings. The maximum absolute atomic E-state index is 14.1. The lowest BCUT2D eigenvalue weighted by atomic mass is 10.0. The van der Waals surface area contributed by atoms with Crippen molar-refractivity contribution < 1.29 is 42.8 Å². The highest BCUT2D eigenvalue weighted by Crippen LogP contribution is 2.47. The number of hydrogen-bond donors (Lipinski definition) is 1. The number of pyridine rings is 1. The lowest BCUT2D eigenvalue weighted by molar-refractivity contribution is -0.118. The summed E-state index contributed by atoms with van der Waals surface area (Å²) in [5, 5.41) is 11.3. The summed E-state index contributed by atoms with van der Waals surface area (Å²) in [6.45, 7) is 3.29. The Balaban J connectivity index is 1.01. The summed E-state index contributed by atoms with van der Waals surface area (Å²) < 4.78 is 37.8. The number of fused-ring (bicyclic) bond motifs is 4. The van der Waals surface area contributed by atoms with Gasteiger partial charge in [-0.2, -0.15) is 0 Å². The number of anilines is 1. The quantitative estimate of drug-likeness (QED) is 0.0807. The predicted molar refractivity (Wildman–Crippen MR) is 226 cm³/mol. The summed E-state index contributed by atoms with van der Waals surface area (Å²) in [6.07, 6.45) is 8.12. The molecule has 4 aliphatic heterocycles. The number of aliphatic imine (C=N–C) groups is 1. The molecule has 0 spiro atoms. The molecule has 0 radical (unpaired) electrons. The predicted octanol–water partition coefficient (Wildman–Crippen LogP) is 6.85. The number of benzene rings is 2. The number of rotatable bonds is 18. The molecule has 5 heterocycles. The van der Waals surface area contributed by atoms with E-state index in [-0.39, 0.29) is 61.9 Å². The number of nitrogens with zero attached hydrogens (tertiary/aromatic N) is 5. The third-order valence-electron chi connectivity index (χ3n) is 10.8. The Bertz CT molecular complexity index is 2060. The van der Waals surface area contributed by atoms with E-state index in [0.29, 0.717) is 77.8 Å². The van der Waals surface area contributed by atoms with Crippen molar-refractivity contribution in [2.45, 2.75) is 69.2 Å². The van der Waals surface area contributed by atoms with E-state index in [1.54, 1.807) is 63.9 Å². The second-order valence-electron chi connectivity index (χ2n) is 14.5. The summed E-state index contributed by atoms with van der Waals surface area (Å²) >= 11 is 0. The van der Waals surface area contributed by atoms with E-state index in [1.807, 2.05) is 34.2 Å². The molecule has 7 rings (SSSR count). The van der Waals surface area contributed by atoms with Gasteiger partial charge in [0.1, 0.15) is 10.8 Å². The number of carbonyl (C=O) groups is 3. The van der Waals surface area contributed by atoms with Crippen molar-refractivity contribution in [1.82, 2.24) is 14.8 Å². The zero-order valence-corrected chi connectivity index (χ0v) is 35.4. The van der Waals surface area contributed by atoms with Crippen LogP contribution in [0.25, 0.3) is 0 Å².